The fraction of sp³-hybridized carbons (Fsp3) is 0.417. The van der Waals surface area contributed by atoms with E-state index in [2.05, 4.69) is 24.3 Å². The van der Waals surface area contributed by atoms with Gasteiger partial charge in [-0.15, -0.1) is 0 Å². The Morgan fingerprint density at radius 1 is 1.07 bits per heavy atom. The summed E-state index contributed by atoms with van der Waals surface area (Å²) in [6, 6.07) is 15.9. The largest absolute Gasteiger partial charge is 0.481 e. The van der Waals surface area contributed by atoms with Gasteiger partial charge in [-0.3, -0.25) is 9.69 Å². The maximum absolute atomic E-state index is 13.1. The summed E-state index contributed by atoms with van der Waals surface area (Å²) in [7, 11) is 0. The lowest BCUT2D eigenvalue weighted by Crippen LogP contribution is -2.61. The summed E-state index contributed by atoms with van der Waals surface area (Å²) >= 11 is 0. The molecular weight excluding hydrogens is 382 g/mol. The summed E-state index contributed by atoms with van der Waals surface area (Å²) < 4.78 is 11.7. The number of hydrogen-bond donors (Lipinski definition) is 1. The van der Waals surface area contributed by atoms with Crippen LogP contribution in [0.25, 0.3) is 11.1 Å². The maximum atomic E-state index is 13.1. The van der Waals surface area contributed by atoms with E-state index in [1.165, 1.54) is 11.1 Å². The molecule has 2 fully saturated rings. The smallest absolute Gasteiger partial charge is 0.410 e. The van der Waals surface area contributed by atoms with E-state index in [0.29, 0.717) is 6.54 Å². The molecule has 1 saturated carbocycles. The molecular formula is C24H25NO5. The first-order chi connectivity index (χ1) is 14.6. The SMILES string of the molecule is O=C(O)CC1COC2(CCC2)CN1C(=O)OCC1c2ccccc2-c2ccccc21. The minimum atomic E-state index is -0.940. The second-order valence-corrected chi connectivity index (χ2v) is 8.53. The molecule has 2 aromatic rings. The highest BCUT2D eigenvalue weighted by Crippen LogP contribution is 2.45. The summed E-state index contributed by atoms with van der Waals surface area (Å²) in [6.45, 7) is 0.884. The summed E-state index contributed by atoms with van der Waals surface area (Å²) in [4.78, 5) is 25.9. The van der Waals surface area contributed by atoms with E-state index in [0.717, 1.165) is 30.4 Å². The van der Waals surface area contributed by atoms with Crippen LogP contribution in [0.15, 0.2) is 48.5 Å². The number of carboxylic acids is 1. The van der Waals surface area contributed by atoms with E-state index < -0.39 is 18.1 Å². The molecule has 30 heavy (non-hydrogen) atoms. The third-order valence-corrected chi connectivity index (χ3v) is 6.73. The number of carbonyl (C=O) groups is 2. The van der Waals surface area contributed by atoms with Crippen LogP contribution in [0, 0.1) is 0 Å². The molecule has 156 valence electrons. The van der Waals surface area contributed by atoms with Gasteiger partial charge in [0.25, 0.3) is 0 Å². The number of aliphatic carboxylic acids is 1. The van der Waals surface area contributed by atoms with Crippen molar-refractivity contribution in [3.8, 4) is 11.1 Å². The van der Waals surface area contributed by atoms with Crippen molar-refractivity contribution in [1.82, 2.24) is 4.90 Å². The third-order valence-electron chi connectivity index (χ3n) is 6.73. The number of nitrogens with zero attached hydrogens (tertiary/aromatic N) is 1. The van der Waals surface area contributed by atoms with Crippen molar-refractivity contribution in [1.29, 1.82) is 0 Å². The van der Waals surface area contributed by atoms with Crippen LogP contribution in [0.5, 0.6) is 0 Å². The molecule has 0 aromatic heterocycles. The summed E-state index contributed by atoms with van der Waals surface area (Å²) in [5.41, 5.74) is 4.35. The Morgan fingerprint density at radius 2 is 1.70 bits per heavy atom. The van der Waals surface area contributed by atoms with E-state index in [1.807, 2.05) is 24.3 Å². The lowest BCUT2D eigenvalue weighted by Gasteiger charge is -2.50. The molecule has 1 spiro atoms. The van der Waals surface area contributed by atoms with Crippen LogP contribution in [0.3, 0.4) is 0 Å². The Morgan fingerprint density at radius 3 is 2.27 bits per heavy atom. The molecule has 5 rings (SSSR count). The second-order valence-electron chi connectivity index (χ2n) is 8.53. The highest BCUT2D eigenvalue weighted by Gasteiger charge is 2.47. The Balaban J connectivity index is 1.34. The predicted octanol–water partition coefficient (Wildman–Crippen LogP) is 4.03. The number of carbonyl (C=O) groups excluding carboxylic acids is 1. The van der Waals surface area contributed by atoms with E-state index in [-0.39, 0.29) is 31.2 Å². The molecule has 6 heteroatoms. The second kappa shape index (κ2) is 7.43. The van der Waals surface area contributed by atoms with Gasteiger partial charge in [0, 0.05) is 5.92 Å². The number of carboxylic acid groups (broad SMARTS) is 1. The fourth-order valence-electron chi connectivity index (χ4n) is 4.98. The van der Waals surface area contributed by atoms with Gasteiger partial charge in [0.1, 0.15) is 6.61 Å². The van der Waals surface area contributed by atoms with Crippen molar-refractivity contribution in [2.75, 3.05) is 19.8 Å². The molecule has 1 heterocycles. The fourth-order valence-corrected chi connectivity index (χ4v) is 4.98. The molecule has 1 atom stereocenters. The van der Waals surface area contributed by atoms with Crippen LogP contribution >= 0.6 is 0 Å². The van der Waals surface area contributed by atoms with Crippen molar-refractivity contribution >= 4 is 12.1 Å². The lowest BCUT2D eigenvalue weighted by molar-refractivity contribution is -0.170. The zero-order valence-corrected chi connectivity index (χ0v) is 16.8. The summed E-state index contributed by atoms with van der Waals surface area (Å²) in [5, 5.41) is 9.25. The molecule has 1 saturated heterocycles. The quantitative estimate of drug-likeness (QED) is 0.828. The minimum Gasteiger partial charge on any atom is -0.481 e. The van der Waals surface area contributed by atoms with Gasteiger partial charge in [-0.2, -0.15) is 0 Å². The first-order valence-electron chi connectivity index (χ1n) is 10.5. The molecule has 2 aliphatic carbocycles. The van der Waals surface area contributed by atoms with Crippen molar-refractivity contribution in [2.24, 2.45) is 0 Å². The number of amides is 1. The molecule has 6 nitrogen and oxygen atoms in total. The Labute approximate surface area is 175 Å². The highest BCUT2D eigenvalue weighted by molar-refractivity contribution is 5.79. The van der Waals surface area contributed by atoms with Crippen LogP contribution in [0.1, 0.15) is 42.7 Å². The molecule has 1 N–H and O–H groups in total. The van der Waals surface area contributed by atoms with E-state index in [9.17, 15) is 14.7 Å². The van der Waals surface area contributed by atoms with Gasteiger partial charge < -0.3 is 14.6 Å². The third kappa shape index (κ3) is 3.25. The van der Waals surface area contributed by atoms with Gasteiger partial charge in [0.2, 0.25) is 0 Å². The average Bonchev–Trinajstić information content (AvgIpc) is 3.05. The van der Waals surface area contributed by atoms with Crippen molar-refractivity contribution in [2.45, 2.75) is 43.2 Å². The molecule has 1 aliphatic heterocycles. The van der Waals surface area contributed by atoms with Gasteiger partial charge in [-0.25, -0.2) is 4.79 Å². The highest BCUT2D eigenvalue weighted by atomic mass is 16.6. The standard InChI is InChI=1S/C24H25NO5/c26-22(27)12-16-13-30-24(10-5-11-24)15-25(16)23(28)29-14-21-19-8-3-1-6-17(19)18-7-2-4-9-20(18)21/h1-4,6-9,16,21H,5,10-15H2,(H,26,27). The number of morpholine rings is 1. The molecule has 0 bridgehead atoms. The molecule has 1 unspecified atom stereocenters. The van der Waals surface area contributed by atoms with E-state index in [4.69, 9.17) is 9.47 Å². The Bertz CT molecular complexity index is 938. The summed E-state index contributed by atoms with van der Waals surface area (Å²) in [5.74, 6) is -0.956. The molecule has 0 radical (unpaired) electrons. The Hall–Kier alpha value is -2.86. The lowest BCUT2D eigenvalue weighted by atomic mass is 9.78. The zero-order chi connectivity index (χ0) is 20.7. The number of benzene rings is 2. The van der Waals surface area contributed by atoms with Crippen LogP contribution < -0.4 is 0 Å². The topological polar surface area (TPSA) is 76.1 Å². The number of hydrogen-bond acceptors (Lipinski definition) is 4. The normalized spacial score (nSPS) is 21.6. The van der Waals surface area contributed by atoms with Gasteiger partial charge >= 0.3 is 12.1 Å². The Kier molecular flexibility index (Phi) is 4.74. The zero-order valence-electron chi connectivity index (χ0n) is 16.8. The number of fused-ring (bicyclic) bond motifs is 3. The van der Waals surface area contributed by atoms with Crippen molar-refractivity contribution < 1.29 is 24.2 Å². The average molecular weight is 407 g/mol. The molecule has 3 aliphatic rings. The van der Waals surface area contributed by atoms with Gasteiger partial charge in [-0.05, 0) is 41.5 Å². The first-order valence-corrected chi connectivity index (χ1v) is 10.5. The van der Waals surface area contributed by atoms with Crippen LogP contribution in [-0.4, -0.2) is 53.5 Å². The molecule has 2 aromatic carbocycles. The first kappa shape index (κ1) is 19.1. The minimum absolute atomic E-state index is 0.0158. The van der Waals surface area contributed by atoms with Crippen molar-refractivity contribution in [3.63, 3.8) is 0 Å². The van der Waals surface area contributed by atoms with Crippen LogP contribution in [-0.2, 0) is 14.3 Å². The predicted molar refractivity (Wildman–Crippen MR) is 110 cm³/mol. The maximum Gasteiger partial charge on any atom is 0.410 e. The van der Waals surface area contributed by atoms with Crippen LogP contribution in [0.4, 0.5) is 4.79 Å². The van der Waals surface area contributed by atoms with Crippen molar-refractivity contribution in [3.05, 3.63) is 59.7 Å². The molecule has 1 amide bonds. The van der Waals surface area contributed by atoms with E-state index in [1.54, 1.807) is 4.90 Å². The number of rotatable bonds is 4. The van der Waals surface area contributed by atoms with Gasteiger partial charge in [-0.1, -0.05) is 48.5 Å². The van der Waals surface area contributed by atoms with Crippen LogP contribution in [0.2, 0.25) is 0 Å². The van der Waals surface area contributed by atoms with Gasteiger partial charge in [0.15, 0.2) is 0 Å². The summed E-state index contributed by atoms with van der Waals surface area (Å²) in [6.07, 6.45) is 2.29. The number of ether oxygens (including phenoxy) is 2. The van der Waals surface area contributed by atoms with Gasteiger partial charge in [0.05, 0.1) is 31.2 Å². The van der Waals surface area contributed by atoms with E-state index >= 15 is 0 Å². The monoisotopic (exact) mass is 407 g/mol.